The number of aromatic nitrogens is 2. The molecule has 0 bridgehead atoms. The number of benzene rings is 2. The van der Waals surface area contributed by atoms with Crippen LogP contribution >= 0.6 is 0 Å². The Hall–Kier alpha value is -3.08. The van der Waals surface area contributed by atoms with E-state index in [2.05, 4.69) is 9.97 Å². The summed E-state index contributed by atoms with van der Waals surface area (Å²) in [6.07, 6.45) is 0.0502. The summed E-state index contributed by atoms with van der Waals surface area (Å²) in [7, 11) is -4.17. The summed E-state index contributed by atoms with van der Waals surface area (Å²) in [5.74, 6) is -0.597. The molecule has 36 heavy (non-hydrogen) atoms. The Morgan fingerprint density at radius 1 is 1.03 bits per heavy atom. The first-order chi connectivity index (χ1) is 16.9. The molecule has 0 radical (unpaired) electrons. The molecule has 0 saturated carbocycles. The summed E-state index contributed by atoms with van der Waals surface area (Å²) in [5, 5.41) is 0. The molecule has 1 fully saturated rings. The molecule has 1 saturated heterocycles. The highest BCUT2D eigenvalue weighted by atomic mass is 32.2. The summed E-state index contributed by atoms with van der Waals surface area (Å²) in [6.45, 7) is 0.779. The van der Waals surface area contributed by atoms with Crippen LogP contribution in [0.1, 0.15) is 36.5 Å². The fourth-order valence-electron chi connectivity index (χ4n) is 5.56. The second-order valence-electron chi connectivity index (χ2n) is 9.31. The third-order valence-corrected chi connectivity index (χ3v) is 9.99. The lowest BCUT2D eigenvalue weighted by molar-refractivity contribution is -0.228. The first-order valence-corrected chi connectivity index (χ1v) is 12.8. The zero-order valence-electron chi connectivity index (χ0n) is 19.1. The summed E-state index contributed by atoms with van der Waals surface area (Å²) >= 11 is 0. The Bertz CT molecular complexity index is 1400. The molecular weight excluding hydrogens is 501 g/mol. The lowest BCUT2D eigenvalue weighted by Crippen LogP contribution is -2.51. The standard InChI is InChI=1S/C25H22F5N3O2S/c1-23(27,25(28,29)30)17-3-8-21-16(12-17)2-9-22-24(21,10-11-33(22)19-13-31-15-32-14-19)36(34,35)20-6-4-18(26)5-7-20/h3-8,12-15,22H,2,9-11H2,1H3/t22-,23?,24-/m1/s1. The highest BCUT2D eigenvalue weighted by molar-refractivity contribution is 7.92. The minimum absolute atomic E-state index is 0.0948. The molecule has 5 nitrogen and oxygen atoms in total. The van der Waals surface area contributed by atoms with E-state index in [0.29, 0.717) is 36.7 Å². The summed E-state index contributed by atoms with van der Waals surface area (Å²) in [4.78, 5) is 9.87. The van der Waals surface area contributed by atoms with Gasteiger partial charge in [0.1, 0.15) is 16.9 Å². The van der Waals surface area contributed by atoms with Crippen molar-refractivity contribution >= 4 is 15.5 Å². The summed E-state index contributed by atoms with van der Waals surface area (Å²) in [6, 6.07) is 7.37. The number of hydrogen-bond acceptors (Lipinski definition) is 5. The molecule has 5 rings (SSSR count). The maximum Gasteiger partial charge on any atom is 0.426 e. The van der Waals surface area contributed by atoms with Crippen LogP contribution in [0, 0.1) is 5.82 Å². The predicted molar refractivity (Wildman–Crippen MR) is 122 cm³/mol. The molecule has 1 aliphatic heterocycles. The first kappa shape index (κ1) is 24.6. The Kier molecular flexibility index (Phi) is 5.62. The van der Waals surface area contributed by atoms with Gasteiger partial charge in [-0.1, -0.05) is 18.2 Å². The Balaban J connectivity index is 1.71. The van der Waals surface area contributed by atoms with E-state index in [4.69, 9.17) is 0 Å². The fraction of sp³-hybridized carbons (Fsp3) is 0.360. The van der Waals surface area contributed by atoms with E-state index in [-0.39, 0.29) is 17.7 Å². The molecule has 3 atom stereocenters. The largest absolute Gasteiger partial charge is 0.426 e. The lowest BCUT2D eigenvalue weighted by atomic mass is 9.77. The monoisotopic (exact) mass is 523 g/mol. The molecule has 0 spiro atoms. The van der Waals surface area contributed by atoms with Gasteiger partial charge in [0.15, 0.2) is 9.84 Å². The van der Waals surface area contributed by atoms with E-state index in [1.165, 1.54) is 24.5 Å². The van der Waals surface area contributed by atoms with Crippen LogP contribution in [0.3, 0.4) is 0 Å². The second-order valence-corrected chi connectivity index (χ2v) is 11.5. The van der Waals surface area contributed by atoms with Gasteiger partial charge in [-0.15, -0.1) is 0 Å². The molecular formula is C25H22F5N3O2S. The third kappa shape index (κ3) is 3.50. The van der Waals surface area contributed by atoms with Gasteiger partial charge in [0.05, 0.1) is 29.0 Å². The number of nitrogens with zero attached hydrogens (tertiary/aromatic N) is 3. The molecule has 2 aliphatic rings. The highest BCUT2D eigenvalue weighted by Gasteiger charge is 2.60. The topological polar surface area (TPSA) is 63.2 Å². The molecule has 1 unspecified atom stereocenters. The maximum atomic E-state index is 14.8. The second kappa shape index (κ2) is 8.22. The zero-order chi connectivity index (χ0) is 25.9. The van der Waals surface area contributed by atoms with Gasteiger partial charge in [-0.25, -0.2) is 27.2 Å². The van der Waals surface area contributed by atoms with Crippen molar-refractivity contribution in [3.8, 4) is 0 Å². The van der Waals surface area contributed by atoms with Crippen molar-refractivity contribution in [1.29, 1.82) is 0 Å². The van der Waals surface area contributed by atoms with Gasteiger partial charge < -0.3 is 4.90 Å². The number of sulfone groups is 1. The van der Waals surface area contributed by atoms with Gasteiger partial charge in [-0.05, 0) is 67.1 Å². The average Bonchev–Trinajstić information content (AvgIpc) is 3.25. The Morgan fingerprint density at radius 2 is 1.69 bits per heavy atom. The van der Waals surface area contributed by atoms with Crippen molar-refractivity contribution in [3.63, 3.8) is 0 Å². The number of fused-ring (bicyclic) bond motifs is 3. The van der Waals surface area contributed by atoms with Crippen LogP contribution in [-0.4, -0.2) is 37.1 Å². The van der Waals surface area contributed by atoms with Crippen molar-refractivity contribution in [1.82, 2.24) is 9.97 Å². The Labute approximate surface area is 204 Å². The first-order valence-electron chi connectivity index (χ1n) is 11.3. The zero-order valence-corrected chi connectivity index (χ0v) is 20.0. The SMILES string of the molecule is CC(F)(c1ccc2c(c1)CC[C@H]1N(c3cncnc3)CC[C@@]21S(=O)(=O)c1ccc(F)cc1)C(F)(F)F. The molecule has 190 valence electrons. The van der Waals surface area contributed by atoms with Gasteiger partial charge in [0.2, 0.25) is 5.67 Å². The van der Waals surface area contributed by atoms with Gasteiger partial charge in [-0.2, -0.15) is 13.2 Å². The molecule has 2 aromatic carbocycles. The number of anilines is 1. The maximum absolute atomic E-state index is 14.8. The van der Waals surface area contributed by atoms with Gasteiger partial charge in [-0.3, -0.25) is 0 Å². The van der Waals surface area contributed by atoms with Crippen LogP contribution in [0.5, 0.6) is 0 Å². The Morgan fingerprint density at radius 3 is 2.33 bits per heavy atom. The average molecular weight is 524 g/mol. The number of rotatable bonds is 4. The highest BCUT2D eigenvalue weighted by Crippen LogP contribution is 2.54. The number of aryl methyl sites for hydroxylation is 1. The molecule has 1 aromatic heterocycles. The normalized spacial score (nSPS) is 23.6. The molecule has 11 heteroatoms. The van der Waals surface area contributed by atoms with Crippen molar-refractivity contribution < 1.29 is 30.4 Å². The van der Waals surface area contributed by atoms with Crippen LogP contribution < -0.4 is 4.90 Å². The van der Waals surface area contributed by atoms with Crippen molar-refractivity contribution in [2.75, 3.05) is 11.4 Å². The van der Waals surface area contributed by atoms with Gasteiger partial charge >= 0.3 is 6.18 Å². The molecule has 0 N–H and O–H groups in total. The van der Waals surface area contributed by atoms with E-state index in [1.54, 1.807) is 12.4 Å². The van der Waals surface area contributed by atoms with Crippen molar-refractivity contribution in [2.45, 2.75) is 53.7 Å². The number of hydrogen-bond donors (Lipinski definition) is 0. The quantitative estimate of drug-likeness (QED) is 0.345. The van der Waals surface area contributed by atoms with E-state index >= 15 is 0 Å². The van der Waals surface area contributed by atoms with Crippen LogP contribution in [0.4, 0.5) is 27.6 Å². The van der Waals surface area contributed by atoms with Crippen LogP contribution in [0.2, 0.25) is 0 Å². The summed E-state index contributed by atoms with van der Waals surface area (Å²) < 4.78 is 95.6. The lowest BCUT2D eigenvalue weighted by Gasteiger charge is -2.43. The van der Waals surface area contributed by atoms with E-state index < -0.39 is 43.9 Å². The smallest absolute Gasteiger partial charge is 0.364 e. The van der Waals surface area contributed by atoms with E-state index in [0.717, 1.165) is 24.3 Å². The van der Waals surface area contributed by atoms with Crippen LogP contribution in [-0.2, 0) is 26.7 Å². The van der Waals surface area contributed by atoms with E-state index in [1.807, 2.05) is 4.90 Å². The van der Waals surface area contributed by atoms with Gasteiger partial charge in [0, 0.05) is 6.54 Å². The molecule has 2 heterocycles. The van der Waals surface area contributed by atoms with Crippen molar-refractivity contribution in [2.24, 2.45) is 0 Å². The summed E-state index contributed by atoms with van der Waals surface area (Å²) in [5.41, 5.74) is -2.86. The van der Waals surface area contributed by atoms with Crippen molar-refractivity contribution in [3.05, 3.63) is 83.7 Å². The van der Waals surface area contributed by atoms with E-state index in [9.17, 15) is 30.4 Å². The number of halogens is 5. The molecule has 3 aromatic rings. The number of alkyl halides is 4. The fourth-order valence-corrected chi connectivity index (χ4v) is 7.92. The van der Waals surface area contributed by atoms with Crippen LogP contribution in [0.15, 0.2) is 66.1 Å². The molecule has 0 amide bonds. The van der Waals surface area contributed by atoms with Crippen LogP contribution in [0.25, 0.3) is 0 Å². The molecule has 1 aliphatic carbocycles. The minimum atomic E-state index is -5.13. The third-order valence-electron chi connectivity index (χ3n) is 7.44. The predicted octanol–water partition coefficient (Wildman–Crippen LogP) is 5.26. The van der Waals surface area contributed by atoms with Gasteiger partial charge in [0.25, 0.3) is 0 Å². The minimum Gasteiger partial charge on any atom is -0.364 e.